The summed E-state index contributed by atoms with van der Waals surface area (Å²) >= 11 is 12.4. The number of aryl methyl sites for hydroxylation is 1. The van der Waals surface area contributed by atoms with Crippen LogP contribution in [0, 0.1) is 0 Å². The Bertz CT molecular complexity index is 865. The minimum absolute atomic E-state index is 0.0676. The van der Waals surface area contributed by atoms with E-state index in [0.29, 0.717) is 36.0 Å². The lowest BCUT2D eigenvalue weighted by molar-refractivity contribution is -0.134. The molecule has 2 aromatic rings. The molecule has 1 saturated heterocycles. The quantitative estimate of drug-likeness (QED) is 0.565. The summed E-state index contributed by atoms with van der Waals surface area (Å²) in [5, 5.41) is 1.05. The van der Waals surface area contributed by atoms with E-state index in [0.717, 1.165) is 36.9 Å². The van der Waals surface area contributed by atoms with Gasteiger partial charge in [0, 0.05) is 37.7 Å². The van der Waals surface area contributed by atoms with Crippen molar-refractivity contribution in [2.24, 2.45) is 0 Å². The predicted molar refractivity (Wildman–Crippen MR) is 122 cm³/mol. The third kappa shape index (κ3) is 5.55. The first kappa shape index (κ1) is 22.6. The molecule has 1 fully saturated rings. The second-order valence-corrected chi connectivity index (χ2v) is 8.47. The first-order valence-electron chi connectivity index (χ1n) is 10.6. The number of piperidine rings is 1. The number of nitrogens with zero attached hydrogens (tertiary/aromatic N) is 2. The van der Waals surface area contributed by atoms with Gasteiger partial charge in [-0.1, -0.05) is 60.5 Å². The maximum absolute atomic E-state index is 13.0. The molecular formula is C24H28Cl2N2O2. The van der Waals surface area contributed by atoms with Crippen molar-refractivity contribution in [2.45, 2.75) is 45.1 Å². The molecule has 0 bridgehead atoms. The zero-order chi connectivity index (χ0) is 21.5. The van der Waals surface area contributed by atoms with Crippen LogP contribution >= 0.6 is 23.2 Å². The molecule has 0 N–H and O–H groups in total. The number of rotatable bonds is 7. The van der Waals surface area contributed by atoms with Crippen molar-refractivity contribution in [3.8, 4) is 0 Å². The molecule has 0 aromatic heterocycles. The fourth-order valence-corrected chi connectivity index (χ4v) is 4.44. The highest BCUT2D eigenvalue weighted by Crippen LogP contribution is 2.27. The Morgan fingerprint density at radius 1 is 1.03 bits per heavy atom. The van der Waals surface area contributed by atoms with Gasteiger partial charge in [-0.2, -0.15) is 0 Å². The van der Waals surface area contributed by atoms with Crippen molar-refractivity contribution in [3.63, 3.8) is 0 Å². The van der Waals surface area contributed by atoms with Gasteiger partial charge < -0.3 is 9.80 Å². The molecule has 1 heterocycles. The molecule has 2 aromatic carbocycles. The smallest absolute Gasteiger partial charge is 0.253 e. The Morgan fingerprint density at radius 2 is 1.73 bits per heavy atom. The van der Waals surface area contributed by atoms with E-state index >= 15 is 0 Å². The van der Waals surface area contributed by atoms with E-state index in [1.54, 1.807) is 6.07 Å². The zero-order valence-electron chi connectivity index (χ0n) is 17.3. The molecule has 0 aliphatic carbocycles. The summed E-state index contributed by atoms with van der Waals surface area (Å²) in [7, 11) is 0. The van der Waals surface area contributed by atoms with E-state index in [-0.39, 0.29) is 17.9 Å². The summed E-state index contributed by atoms with van der Waals surface area (Å²) in [6.07, 6.45) is 3.50. The van der Waals surface area contributed by atoms with Gasteiger partial charge in [0.15, 0.2) is 0 Å². The Kier molecular flexibility index (Phi) is 8.17. The fraction of sp³-hybridized carbons (Fsp3) is 0.417. The van der Waals surface area contributed by atoms with Gasteiger partial charge in [-0.25, -0.2) is 0 Å². The van der Waals surface area contributed by atoms with Crippen LogP contribution in [-0.4, -0.2) is 47.3 Å². The molecule has 0 saturated carbocycles. The lowest BCUT2D eigenvalue weighted by Crippen LogP contribution is -2.49. The third-order valence-corrected chi connectivity index (χ3v) is 6.50. The number of likely N-dealkylation sites (tertiary alicyclic amines) is 1. The second kappa shape index (κ2) is 10.8. The molecule has 4 nitrogen and oxygen atoms in total. The first-order chi connectivity index (χ1) is 14.5. The third-order valence-electron chi connectivity index (χ3n) is 5.64. The van der Waals surface area contributed by atoms with Crippen LogP contribution in [0.5, 0.6) is 0 Å². The van der Waals surface area contributed by atoms with Gasteiger partial charge >= 0.3 is 0 Å². The van der Waals surface area contributed by atoms with Gasteiger partial charge in [0.05, 0.1) is 10.0 Å². The number of halogens is 2. The van der Waals surface area contributed by atoms with Crippen LogP contribution in [0.25, 0.3) is 0 Å². The topological polar surface area (TPSA) is 40.6 Å². The van der Waals surface area contributed by atoms with Crippen LogP contribution in [-0.2, 0) is 11.2 Å². The van der Waals surface area contributed by atoms with Gasteiger partial charge in [-0.05, 0) is 49.4 Å². The van der Waals surface area contributed by atoms with Crippen molar-refractivity contribution < 1.29 is 9.59 Å². The van der Waals surface area contributed by atoms with Gasteiger partial charge in [-0.15, -0.1) is 0 Å². The van der Waals surface area contributed by atoms with Crippen molar-refractivity contribution in [1.82, 2.24) is 9.80 Å². The highest BCUT2D eigenvalue weighted by Gasteiger charge is 2.29. The van der Waals surface area contributed by atoms with Crippen LogP contribution in [0.2, 0.25) is 10.0 Å². The largest absolute Gasteiger partial charge is 0.340 e. The zero-order valence-corrected chi connectivity index (χ0v) is 18.8. The highest BCUT2D eigenvalue weighted by molar-refractivity contribution is 6.42. The maximum atomic E-state index is 13.0. The fourth-order valence-electron chi connectivity index (χ4n) is 4.02. The molecule has 1 aliphatic rings. The van der Waals surface area contributed by atoms with Crippen molar-refractivity contribution >= 4 is 35.0 Å². The molecule has 6 heteroatoms. The maximum Gasteiger partial charge on any atom is 0.253 e. The lowest BCUT2D eigenvalue weighted by Gasteiger charge is -2.38. The first-order valence-corrected chi connectivity index (χ1v) is 11.3. The minimum atomic E-state index is 0.0676. The van der Waals surface area contributed by atoms with Crippen molar-refractivity contribution in [3.05, 3.63) is 69.7 Å². The van der Waals surface area contributed by atoms with E-state index < -0.39 is 0 Å². The average Bonchev–Trinajstić information content (AvgIpc) is 2.78. The number of hydrogen-bond donors (Lipinski definition) is 0. The summed E-state index contributed by atoms with van der Waals surface area (Å²) in [6, 6.07) is 15.1. The average molecular weight is 447 g/mol. The monoisotopic (exact) mass is 446 g/mol. The Balaban J connectivity index is 1.58. The summed E-state index contributed by atoms with van der Waals surface area (Å²) in [4.78, 5) is 29.6. The number of hydrogen-bond acceptors (Lipinski definition) is 2. The molecular weight excluding hydrogens is 419 g/mol. The van der Waals surface area contributed by atoms with E-state index in [4.69, 9.17) is 23.2 Å². The predicted octanol–water partition coefficient (Wildman–Crippen LogP) is 5.47. The number of carbonyl (C=O) groups excluding carboxylic acids is 2. The molecule has 160 valence electrons. The van der Waals surface area contributed by atoms with Crippen LogP contribution < -0.4 is 0 Å². The Hall–Kier alpha value is -2.04. The molecule has 1 aliphatic heterocycles. The van der Waals surface area contributed by atoms with E-state index in [2.05, 4.69) is 6.92 Å². The molecule has 0 atom stereocenters. The molecule has 30 heavy (non-hydrogen) atoms. The van der Waals surface area contributed by atoms with Crippen LogP contribution in [0.15, 0.2) is 48.5 Å². The van der Waals surface area contributed by atoms with E-state index in [9.17, 15) is 9.59 Å². The lowest BCUT2D eigenvalue weighted by atomic mass is 10.0. The van der Waals surface area contributed by atoms with Gasteiger partial charge in [0.1, 0.15) is 0 Å². The second-order valence-electron chi connectivity index (χ2n) is 7.69. The molecule has 0 spiro atoms. The van der Waals surface area contributed by atoms with Crippen LogP contribution in [0.4, 0.5) is 0 Å². The molecule has 2 amide bonds. The van der Waals surface area contributed by atoms with E-state index in [1.165, 1.54) is 0 Å². The van der Waals surface area contributed by atoms with Crippen molar-refractivity contribution in [1.29, 1.82) is 0 Å². The van der Waals surface area contributed by atoms with Crippen LogP contribution in [0.1, 0.15) is 48.5 Å². The molecule has 0 unspecified atom stereocenters. The van der Waals surface area contributed by atoms with Gasteiger partial charge in [0.25, 0.3) is 5.91 Å². The Morgan fingerprint density at radius 3 is 2.40 bits per heavy atom. The van der Waals surface area contributed by atoms with Gasteiger partial charge in [-0.3, -0.25) is 9.59 Å². The standard InChI is InChI=1S/C24H28Cl2N2O2/c1-2-15-28(22(29)12-11-18-9-6-10-21(25)23(18)26)20-13-16-27(17-14-20)24(30)19-7-4-3-5-8-19/h3-10,20H,2,11-17H2,1H3. The highest BCUT2D eigenvalue weighted by atomic mass is 35.5. The van der Waals surface area contributed by atoms with E-state index in [1.807, 2.05) is 52.3 Å². The molecule has 3 rings (SSSR count). The number of amides is 2. The van der Waals surface area contributed by atoms with Crippen LogP contribution in [0.3, 0.4) is 0 Å². The summed E-state index contributed by atoms with van der Waals surface area (Å²) in [5.41, 5.74) is 1.62. The normalized spacial score (nSPS) is 14.6. The minimum Gasteiger partial charge on any atom is -0.340 e. The number of benzene rings is 2. The molecule has 0 radical (unpaired) electrons. The van der Waals surface area contributed by atoms with Crippen molar-refractivity contribution in [2.75, 3.05) is 19.6 Å². The Labute approximate surface area is 188 Å². The van der Waals surface area contributed by atoms with Gasteiger partial charge in [0.2, 0.25) is 5.91 Å². The summed E-state index contributed by atoms with van der Waals surface area (Å²) < 4.78 is 0. The number of carbonyl (C=O) groups is 2. The summed E-state index contributed by atoms with van der Waals surface area (Å²) in [5.74, 6) is 0.207. The summed E-state index contributed by atoms with van der Waals surface area (Å²) in [6.45, 7) is 4.17. The SMILES string of the molecule is CCCN(C(=O)CCc1cccc(Cl)c1Cl)C1CCN(C(=O)c2ccccc2)CC1.